The van der Waals surface area contributed by atoms with Crippen LogP contribution >= 0.6 is 12.4 Å². The summed E-state index contributed by atoms with van der Waals surface area (Å²) in [4.78, 5) is 27.9. The lowest BCUT2D eigenvalue weighted by Crippen LogP contribution is -2.35. The summed E-state index contributed by atoms with van der Waals surface area (Å²) in [6.45, 7) is 3.14. The molecule has 1 aliphatic rings. The molecule has 0 aliphatic carbocycles. The zero-order chi connectivity index (χ0) is 21.0. The lowest BCUT2D eigenvalue weighted by molar-refractivity contribution is 0.0744. The van der Waals surface area contributed by atoms with Crippen molar-refractivity contribution in [3.8, 4) is 11.5 Å². The van der Waals surface area contributed by atoms with Crippen LogP contribution in [0.25, 0.3) is 0 Å². The van der Waals surface area contributed by atoms with Crippen molar-refractivity contribution in [1.82, 2.24) is 4.90 Å². The van der Waals surface area contributed by atoms with E-state index in [1.165, 1.54) is 14.2 Å². The molecule has 162 valence electrons. The molecule has 0 bridgehead atoms. The highest BCUT2D eigenvalue weighted by Crippen LogP contribution is 2.35. The van der Waals surface area contributed by atoms with E-state index in [1.807, 2.05) is 13.0 Å². The molecule has 7 nitrogen and oxygen atoms in total. The Hall–Kier alpha value is -2.77. The number of ether oxygens (including phenoxy) is 2. The van der Waals surface area contributed by atoms with Gasteiger partial charge in [0, 0.05) is 24.2 Å². The van der Waals surface area contributed by atoms with E-state index in [0.717, 1.165) is 6.42 Å². The van der Waals surface area contributed by atoms with E-state index in [1.54, 1.807) is 41.3 Å². The summed E-state index contributed by atoms with van der Waals surface area (Å²) in [7, 11) is 3.02. The number of carbonyl (C=O) groups excluding carboxylic acids is 2. The number of methoxy groups -OCH3 is 2. The van der Waals surface area contributed by atoms with Gasteiger partial charge in [-0.3, -0.25) is 9.59 Å². The lowest BCUT2D eigenvalue weighted by Gasteiger charge is -2.24. The molecule has 0 spiro atoms. The van der Waals surface area contributed by atoms with Crippen LogP contribution in [0.4, 0.5) is 5.69 Å². The van der Waals surface area contributed by atoms with E-state index in [2.05, 4.69) is 5.32 Å². The second kappa shape index (κ2) is 10.3. The Morgan fingerprint density at radius 2 is 1.77 bits per heavy atom. The van der Waals surface area contributed by atoms with E-state index >= 15 is 0 Å². The number of amides is 2. The largest absolute Gasteiger partial charge is 0.493 e. The molecular weight excluding hydrogens is 406 g/mol. The number of hydrogen-bond acceptors (Lipinski definition) is 5. The Labute approximate surface area is 182 Å². The van der Waals surface area contributed by atoms with Crippen LogP contribution in [-0.4, -0.2) is 50.1 Å². The number of likely N-dealkylation sites (tertiary alicyclic amines) is 1. The van der Waals surface area contributed by atoms with Crippen molar-refractivity contribution < 1.29 is 19.1 Å². The molecule has 30 heavy (non-hydrogen) atoms. The number of nitrogens with zero attached hydrogens (tertiary/aromatic N) is 1. The van der Waals surface area contributed by atoms with Gasteiger partial charge in [0.05, 0.1) is 25.5 Å². The summed E-state index contributed by atoms with van der Waals surface area (Å²) in [6.07, 6.45) is 0.862. The third-order valence-corrected chi connectivity index (χ3v) is 5.29. The summed E-state index contributed by atoms with van der Waals surface area (Å²) >= 11 is 0. The molecule has 1 aliphatic heterocycles. The molecule has 2 atom stereocenters. The minimum atomic E-state index is -0.304. The quantitative estimate of drug-likeness (QED) is 0.729. The van der Waals surface area contributed by atoms with Crippen molar-refractivity contribution in [3.63, 3.8) is 0 Å². The van der Waals surface area contributed by atoms with Crippen LogP contribution in [0.15, 0.2) is 42.5 Å². The lowest BCUT2D eigenvalue weighted by atomic mass is 10.1. The Bertz CT molecular complexity index is 891. The SMILES string of the molecule is COc1cc(NC(=O)c2ccccc2)c(C(=O)N2CC(CN)CC2C)cc1OC.Cl. The average molecular weight is 434 g/mol. The van der Waals surface area contributed by atoms with Gasteiger partial charge in [-0.25, -0.2) is 0 Å². The summed E-state index contributed by atoms with van der Waals surface area (Å²) in [5, 5.41) is 2.85. The number of halogens is 1. The predicted molar refractivity (Wildman–Crippen MR) is 119 cm³/mol. The van der Waals surface area contributed by atoms with Gasteiger partial charge in [-0.1, -0.05) is 18.2 Å². The smallest absolute Gasteiger partial charge is 0.256 e. The van der Waals surface area contributed by atoms with Gasteiger partial charge in [-0.05, 0) is 44.0 Å². The van der Waals surface area contributed by atoms with Crippen molar-refractivity contribution in [2.24, 2.45) is 11.7 Å². The highest BCUT2D eigenvalue weighted by molar-refractivity contribution is 6.09. The topological polar surface area (TPSA) is 93.9 Å². The molecular formula is C22H28ClN3O4. The van der Waals surface area contributed by atoms with Gasteiger partial charge in [0.25, 0.3) is 11.8 Å². The maximum Gasteiger partial charge on any atom is 0.256 e. The highest BCUT2D eigenvalue weighted by Gasteiger charge is 2.33. The van der Waals surface area contributed by atoms with Crippen LogP contribution in [0, 0.1) is 5.92 Å². The third kappa shape index (κ3) is 4.86. The normalized spacial score (nSPS) is 17.8. The fraction of sp³-hybridized carbons (Fsp3) is 0.364. The zero-order valence-corrected chi connectivity index (χ0v) is 18.2. The number of nitrogens with two attached hydrogens (primary N) is 1. The second-order valence-electron chi connectivity index (χ2n) is 7.22. The molecule has 3 rings (SSSR count). The van der Waals surface area contributed by atoms with Crippen molar-refractivity contribution in [1.29, 1.82) is 0 Å². The first-order valence-corrected chi connectivity index (χ1v) is 9.62. The van der Waals surface area contributed by atoms with Gasteiger partial charge in [-0.15, -0.1) is 12.4 Å². The average Bonchev–Trinajstić information content (AvgIpc) is 3.14. The number of benzene rings is 2. The van der Waals surface area contributed by atoms with Gasteiger partial charge in [-0.2, -0.15) is 0 Å². The van der Waals surface area contributed by atoms with Crippen LogP contribution in [0.5, 0.6) is 11.5 Å². The third-order valence-electron chi connectivity index (χ3n) is 5.29. The van der Waals surface area contributed by atoms with Crippen molar-refractivity contribution in [2.75, 3.05) is 32.6 Å². The predicted octanol–water partition coefficient (Wildman–Crippen LogP) is 3.19. The first kappa shape index (κ1) is 23.5. The Kier molecular flexibility index (Phi) is 8.08. The van der Waals surface area contributed by atoms with Crippen LogP contribution in [0.3, 0.4) is 0 Å². The Balaban J connectivity index is 0.00000320. The minimum Gasteiger partial charge on any atom is -0.493 e. The molecule has 3 N–H and O–H groups in total. The first-order chi connectivity index (χ1) is 14.0. The molecule has 2 unspecified atom stereocenters. The fourth-order valence-corrected chi connectivity index (χ4v) is 3.69. The molecule has 1 fully saturated rings. The number of rotatable bonds is 6. The summed E-state index contributed by atoms with van der Waals surface area (Å²) in [5.74, 6) is 0.660. The van der Waals surface area contributed by atoms with Crippen molar-refractivity contribution in [3.05, 3.63) is 53.6 Å². The number of nitrogens with one attached hydrogen (secondary N) is 1. The molecule has 2 aromatic carbocycles. The summed E-state index contributed by atoms with van der Waals surface area (Å²) in [6, 6.07) is 12.1. The Morgan fingerprint density at radius 3 is 2.33 bits per heavy atom. The van der Waals surface area contributed by atoms with E-state index in [9.17, 15) is 9.59 Å². The zero-order valence-electron chi connectivity index (χ0n) is 17.4. The molecule has 1 saturated heterocycles. The van der Waals surface area contributed by atoms with Crippen molar-refractivity contribution >= 4 is 29.9 Å². The van der Waals surface area contributed by atoms with E-state index in [-0.39, 0.29) is 36.2 Å². The number of anilines is 1. The van der Waals surface area contributed by atoms with E-state index in [4.69, 9.17) is 15.2 Å². The summed E-state index contributed by atoms with van der Waals surface area (Å²) in [5.41, 5.74) is 7.05. The highest BCUT2D eigenvalue weighted by atomic mass is 35.5. The standard InChI is InChI=1S/C22H27N3O4.ClH/c1-14-9-15(12-23)13-25(14)22(27)17-10-19(28-2)20(29-3)11-18(17)24-21(26)16-7-5-4-6-8-16;/h4-8,10-11,14-15H,9,12-13,23H2,1-3H3,(H,24,26);1H. The van der Waals surface area contributed by atoms with Gasteiger partial charge >= 0.3 is 0 Å². The maximum atomic E-state index is 13.4. The van der Waals surface area contributed by atoms with Crippen LogP contribution in [0.2, 0.25) is 0 Å². The van der Waals surface area contributed by atoms with Crippen LogP contribution in [-0.2, 0) is 0 Å². The molecule has 8 heteroatoms. The molecule has 1 heterocycles. The van der Waals surface area contributed by atoms with E-state index < -0.39 is 0 Å². The molecule has 0 aromatic heterocycles. The molecule has 2 aromatic rings. The maximum absolute atomic E-state index is 13.4. The summed E-state index contributed by atoms with van der Waals surface area (Å²) < 4.78 is 10.7. The van der Waals surface area contributed by atoms with Crippen LogP contribution < -0.4 is 20.5 Å². The molecule has 0 saturated carbocycles. The van der Waals surface area contributed by atoms with Gasteiger partial charge in [0.2, 0.25) is 0 Å². The molecule has 0 radical (unpaired) electrons. The van der Waals surface area contributed by atoms with Gasteiger partial charge in [0.15, 0.2) is 11.5 Å². The molecule has 2 amide bonds. The number of carbonyl (C=O) groups is 2. The minimum absolute atomic E-state index is 0. The van der Waals surface area contributed by atoms with Gasteiger partial charge < -0.3 is 25.4 Å². The van der Waals surface area contributed by atoms with Crippen LogP contribution in [0.1, 0.15) is 34.1 Å². The first-order valence-electron chi connectivity index (χ1n) is 9.62. The van der Waals surface area contributed by atoms with Crippen molar-refractivity contribution in [2.45, 2.75) is 19.4 Å². The fourth-order valence-electron chi connectivity index (χ4n) is 3.69. The number of hydrogen-bond donors (Lipinski definition) is 2. The van der Waals surface area contributed by atoms with Gasteiger partial charge in [0.1, 0.15) is 0 Å². The Morgan fingerprint density at radius 1 is 1.13 bits per heavy atom. The monoisotopic (exact) mass is 433 g/mol. The van der Waals surface area contributed by atoms with E-state index in [0.29, 0.717) is 41.4 Å². The second-order valence-corrected chi connectivity index (χ2v) is 7.22.